The van der Waals surface area contributed by atoms with Crippen LogP contribution in [0.2, 0.25) is 0 Å². The Labute approximate surface area is 140 Å². The van der Waals surface area contributed by atoms with Gasteiger partial charge in [-0.15, -0.1) is 0 Å². The first-order valence-corrected chi connectivity index (χ1v) is 8.22. The van der Waals surface area contributed by atoms with Crippen LogP contribution in [0.5, 0.6) is 0 Å². The molecule has 1 aliphatic rings. The quantitative estimate of drug-likeness (QED) is 0.728. The first kappa shape index (κ1) is 14.8. The summed E-state index contributed by atoms with van der Waals surface area (Å²) in [5.41, 5.74) is 2.41. The molecule has 1 amide bonds. The number of aromatic nitrogens is 3. The minimum atomic E-state index is 0.0490. The maximum atomic E-state index is 13.0. The molecule has 24 heavy (non-hydrogen) atoms. The molecule has 4 rings (SSSR count). The van der Waals surface area contributed by atoms with Crippen molar-refractivity contribution in [3.63, 3.8) is 0 Å². The zero-order valence-corrected chi connectivity index (χ0v) is 13.3. The van der Waals surface area contributed by atoms with Crippen molar-refractivity contribution in [2.45, 2.75) is 18.8 Å². The monoisotopic (exact) mass is 318 g/mol. The van der Waals surface area contributed by atoms with Crippen molar-refractivity contribution in [2.24, 2.45) is 0 Å². The van der Waals surface area contributed by atoms with Crippen molar-refractivity contribution in [3.8, 4) is 0 Å². The molecule has 120 valence electrons. The molecule has 1 fully saturated rings. The van der Waals surface area contributed by atoms with Crippen molar-refractivity contribution in [1.29, 1.82) is 0 Å². The van der Waals surface area contributed by atoms with Gasteiger partial charge in [0.05, 0.1) is 16.8 Å². The van der Waals surface area contributed by atoms with E-state index in [0.717, 1.165) is 36.0 Å². The summed E-state index contributed by atoms with van der Waals surface area (Å²) >= 11 is 0. The lowest BCUT2D eigenvalue weighted by Crippen LogP contribution is -2.39. The van der Waals surface area contributed by atoms with E-state index in [4.69, 9.17) is 0 Å². The van der Waals surface area contributed by atoms with Gasteiger partial charge < -0.3 is 4.90 Å². The van der Waals surface area contributed by atoms with E-state index >= 15 is 0 Å². The fourth-order valence-corrected chi connectivity index (χ4v) is 3.37. The molecule has 1 atom stereocenters. The van der Waals surface area contributed by atoms with Gasteiger partial charge in [0.15, 0.2) is 0 Å². The Hall–Kier alpha value is -2.82. The van der Waals surface area contributed by atoms with Crippen LogP contribution in [0.15, 0.2) is 55.1 Å². The van der Waals surface area contributed by atoms with Crippen LogP contribution in [-0.4, -0.2) is 38.8 Å². The van der Waals surface area contributed by atoms with Gasteiger partial charge in [-0.2, -0.15) is 0 Å². The minimum absolute atomic E-state index is 0.0490. The largest absolute Gasteiger partial charge is 0.338 e. The second-order valence-electron chi connectivity index (χ2n) is 6.10. The molecule has 0 N–H and O–H groups in total. The number of rotatable bonds is 2. The third-order valence-electron chi connectivity index (χ3n) is 4.57. The maximum Gasteiger partial charge on any atom is 0.256 e. The molecule has 3 aromatic rings. The second-order valence-corrected chi connectivity index (χ2v) is 6.10. The lowest BCUT2D eigenvalue weighted by molar-refractivity contribution is 0.0707. The lowest BCUT2D eigenvalue weighted by Gasteiger charge is -2.32. The number of fused-ring (bicyclic) bond motifs is 1. The van der Waals surface area contributed by atoms with Crippen molar-refractivity contribution < 1.29 is 4.79 Å². The van der Waals surface area contributed by atoms with Gasteiger partial charge in [-0.1, -0.05) is 18.2 Å². The number of carbonyl (C=O) groups is 1. The Morgan fingerprint density at radius 2 is 2.00 bits per heavy atom. The summed E-state index contributed by atoms with van der Waals surface area (Å²) in [5, 5.41) is 0.992. The Morgan fingerprint density at radius 1 is 1.08 bits per heavy atom. The number of piperidine rings is 1. The van der Waals surface area contributed by atoms with Crippen LogP contribution in [0.4, 0.5) is 0 Å². The molecule has 0 aliphatic carbocycles. The van der Waals surface area contributed by atoms with E-state index in [1.165, 1.54) is 0 Å². The highest BCUT2D eigenvalue weighted by atomic mass is 16.2. The molecule has 1 unspecified atom stereocenters. The highest BCUT2D eigenvalue weighted by molar-refractivity contribution is 6.05. The van der Waals surface area contributed by atoms with Gasteiger partial charge in [-0.25, -0.2) is 0 Å². The molecule has 2 aromatic heterocycles. The number of hydrogen-bond donors (Lipinski definition) is 0. The molecular formula is C19H18N4O. The Kier molecular flexibility index (Phi) is 3.91. The lowest BCUT2D eigenvalue weighted by atomic mass is 9.94. The van der Waals surface area contributed by atoms with Gasteiger partial charge in [0.2, 0.25) is 0 Å². The number of para-hydroxylation sites is 1. The van der Waals surface area contributed by atoms with Gasteiger partial charge in [-0.3, -0.25) is 19.7 Å². The Morgan fingerprint density at radius 3 is 2.88 bits per heavy atom. The van der Waals surface area contributed by atoms with Crippen molar-refractivity contribution >= 4 is 16.8 Å². The first-order chi connectivity index (χ1) is 11.8. The van der Waals surface area contributed by atoms with Gasteiger partial charge >= 0.3 is 0 Å². The summed E-state index contributed by atoms with van der Waals surface area (Å²) in [6.07, 6.45) is 8.94. The van der Waals surface area contributed by atoms with Crippen LogP contribution < -0.4 is 0 Å². The number of benzene rings is 1. The average Bonchev–Trinajstić information content (AvgIpc) is 2.68. The normalized spacial score (nSPS) is 17.8. The van der Waals surface area contributed by atoms with Crippen LogP contribution >= 0.6 is 0 Å². The Balaban J connectivity index is 1.62. The predicted molar refractivity (Wildman–Crippen MR) is 91.7 cm³/mol. The van der Waals surface area contributed by atoms with Crippen LogP contribution in [0, 0.1) is 0 Å². The summed E-state index contributed by atoms with van der Waals surface area (Å²) in [7, 11) is 0. The van der Waals surface area contributed by atoms with Gasteiger partial charge in [0, 0.05) is 49.2 Å². The SMILES string of the molecule is O=C(c1cccc2cccnc12)N1CCCC(c2cnccn2)C1. The zero-order valence-electron chi connectivity index (χ0n) is 13.3. The van der Waals surface area contributed by atoms with E-state index in [1.807, 2.05) is 35.2 Å². The molecular weight excluding hydrogens is 300 g/mol. The van der Waals surface area contributed by atoms with Crippen LogP contribution in [0.3, 0.4) is 0 Å². The molecule has 0 spiro atoms. The predicted octanol–water partition coefficient (Wildman–Crippen LogP) is 3.04. The highest BCUT2D eigenvalue weighted by Crippen LogP contribution is 2.27. The highest BCUT2D eigenvalue weighted by Gasteiger charge is 2.27. The fourth-order valence-electron chi connectivity index (χ4n) is 3.37. The van der Waals surface area contributed by atoms with E-state index in [9.17, 15) is 4.79 Å². The number of hydrogen-bond acceptors (Lipinski definition) is 4. The molecule has 5 nitrogen and oxygen atoms in total. The minimum Gasteiger partial charge on any atom is -0.338 e. The third kappa shape index (κ3) is 2.73. The molecule has 1 aromatic carbocycles. The van der Waals surface area contributed by atoms with E-state index < -0.39 is 0 Å². The maximum absolute atomic E-state index is 13.0. The fraction of sp³-hybridized carbons (Fsp3) is 0.263. The number of pyridine rings is 1. The molecule has 0 saturated carbocycles. The molecule has 0 radical (unpaired) electrons. The summed E-state index contributed by atoms with van der Waals surface area (Å²) in [4.78, 5) is 27.9. The summed E-state index contributed by atoms with van der Waals surface area (Å²) in [5.74, 6) is 0.298. The van der Waals surface area contributed by atoms with Crippen molar-refractivity contribution in [2.75, 3.05) is 13.1 Å². The summed E-state index contributed by atoms with van der Waals surface area (Å²) in [6, 6.07) is 9.64. The molecule has 1 saturated heterocycles. The van der Waals surface area contributed by atoms with Crippen LogP contribution in [-0.2, 0) is 0 Å². The molecule has 3 heterocycles. The van der Waals surface area contributed by atoms with E-state index in [0.29, 0.717) is 12.1 Å². The molecule has 1 aliphatic heterocycles. The van der Waals surface area contributed by atoms with Crippen molar-refractivity contribution in [1.82, 2.24) is 19.9 Å². The third-order valence-corrected chi connectivity index (χ3v) is 4.57. The zero-order chi connectivity index (χ0) is 16.4. The Bertz CT molecular complexity index is 860. The van der Waals surface area contributed by atoms with Gasteiger partial charge in [-0.05, 0) is 25.0 Å². The number of likely N-dealkylation sites (tertiary alicyclic amines) is 1. The summed E-state index contributed by atoms with van der Waals surface area (Å²) < 4.78 is 0. The summed E-state index contributed by atoms with van der Waals surface area (Å²) in [6.45, 7) is 1.46. The number of nitrogens with zero attached hydrogens (tertiary/aromatic N) is 4. The second kappa shape index (κ2) is 6.35. The number of amides is 1. The van der Waals surface area contributed by atoms with Crippen molar-refractivity contribution in [3.05, 3.63) is 66.4 Å². The van der Waals surface area contributed by atoms with Crippen LogP contribution in [0.1, 0.15) is 34.8 Å². The van der Waals surface area contributed by atoms with E-state index in [1.54, 1.807) is 24.8 Å². The van der Waals surface area contributed by atoms with E-state index in [-0.39, 0.29) is 11.8 Å². The standard InChI is InChI=1S/C19H18N4O/c24-19(16-7-1-4-14-5-2-8-22-18(14)16)23-11-3-6-15(13-23)17-12-20-9-10-21-17/h1-2,4-5,7-10,12,15H,3,6,11,13H2. The molecule has 0 bridgehead atoms. The van der Waals surface area contributed by atoms with Gasteiger partial charge in [0.1, 0.15) is 0 Å². The van der Waals surface area contributed by atoms with Gasteiger partial charge in [0.25, 0.3) is 5.91 Å². The first-order valence-electron chi connectivity index (χ1n) is 8.22. The molecule has 5 heteroatoms. The average molecular weight is 318 g/mol. The smallest absolute Gasteiger partial charge is 0.256 e. The van der Waals surface area contributed by atoms with E-state index in [2.05, 4.69) is 15.0 Å². The van der Waals surface area contributed by atoms with Crippen LogP contribution in [0.25, 0.3) is 10.9 Å². The topological polar surface area (TPSA) is 59.0 Å². The number of carbonyl (C=O) groups excluding carboxylic acids is 1.